The Morgan fingerprint density at radius 1 is 1.44 bits per heavy atom. The van der Waals surface area contributed by atoms with Crippen molar-refractivity contribution in [3.63, 3.8) is 0 Å². The SMILES string of the molecule is CC1(C)CN(CCCCC(=O)O)CCS1.Cl. The maximum absolute atomic E-state index is 10.3. The minimum atomic E-state index is -0.676. The largest absolute Gasteiger partial charge is 0.481 e. The lowest BCUT2D eigenvalue weighted by Gasteiger charge is -2.37. The Bertz CT molecular complexity index is 224. The van der Waals surface area contributed by atoms with Crippen molar-refractivity contribution in [1.82, 2.24) is 4.90 Å². The van der Waals surface area contributed by atoms with Gasteiger partial charge in [0, 0.05) is 30.0 Å². The third-order valence-corrected chi connectivity index (χ3v) is 3.92. The molecular formula is C11H22ClNO2S. The predicted molar refractivity (Wildman–Crippen MR) is 71.7 cm³/mol. The van der Waals surface area contributed by atoms with Crippen LogP contribution in [-0.2, 0) is 4.79 Å². The third kappa shape index (κ3) is 6.61. The first-order valence-corrected chi connectivity index (χ1v) is 6.56. The molecule has 1 N–H and O–H groups in total. The molecule has 5 heteroatoms. The smallest absolute Gasteiger partial charge is 0.303 e. The van der Waals surface area contributed by atoms with E-state index < -0.39 is 5.97 Å². The second-order valence-electron chi connectivity index (χ2n) is 4.74. The zero-order chi connectivity index (χ0) is 11.3. The van der Waals surface area contributed by atoms with Crippen LogP contribution in [0.3, 0.4) is 0 Å². The Hall–Kier alpha value is 0.0700. The van der Waals surface area contributed by atoms with Gasteiger partial charge in [-0.25, -0.2) is 0 Å². The topological polar surface area (TPSA) is 40.5 Å². The molecule has 16 heavy (non-hydrogen) atoms. The van der Waals surface area contributed by atoms with E-state index in [1.807, 2.05) is 11.8 Å². The fraction of sp³-hybridized carbons (Fsp3) is 0.909. The lowest BCUT2D eigenvalue weighted by atomic mass is 10.1. The van der Waals surface area contributed by atoms with Crippen LogP contribution in [0.5, 0.6) is 0 Å². The van der Waals surface area contributed by atoms with Crippen LogP contribution < -0.4 is 0 Å². The zero-order valence-electron chi connectivity index (χ0n) is 10.1. The molecule has 1 aliphatic heterocycles. The van der Waals surface area contributed by atoms with Crippen molar-refractivity contribution in [2.45, 2.75) is 37.9 Å². The van der Waals surface area contributed by atoms with E-state index in [-0.39, 0.29) is 12.4 Å². The third-order valence-electron chi connectivity index (χ3n) is 2.62. The summed E-state index contributed by atoms with van der Waals surface area (Å²) in [4.78, 5) is 12.8. The molecule has 1 heterocycles. The van der Waals surface area contributed by atoms with Gasteiger partial charge in [0.25, 0.3) is 0 Å². The van der Waals surface area contributed by atoms with Crippen LogP contribution in [-0.4, -0.2) is 46.1 Å². The fourth-order valence-corrected chi connectivity index (χ4v) is 3.09. The van der Waals surface area contributed by atoms with Gasteiger partial charge in [-0.1, -0.05) is 0 Å². The van der Waals surface area contributed by atoms with Crippen LogP contribution in [0.1, 0.15) is 33.1 Å². The van der Waals surface area contributed by atoms with Gasteiger partial charge in [0.2, 0.25) is 0 Å². The van der Waals surface area contributed by atoms with E-state index in [9.17, 15) is 4.79 Å². The molecule has 0 bridgehead atoms. The van der Waals surface area contributed by atoms with Gasteiger partial charge in [-0.3, -0.25) is 4.79 Å². The van der Waals surface area contributed by atoms with Crippen LogP contribution in [0.15, 0.2) is 0 Å². The van der Waals surface area contributed by atoms with E-state index >= 15 is 0 Å². The predicted octanol–water partition coefficient (Wildman–Crippen LogP) is 2.49. The van der Waals surface area contributed by atoms with Crippen LogP contribution in [0.2, 0.25) is 0 Å². The summed E-state index contributed by atoms with van der Waals surface area (Å²) in [6.45, 7) is 7.89. The Morgan fingerprint density at radius 2 is 2.12 bits per heavy atom. The molecule has 3 nitrogen and oxygen atoms in total. The average molecular weight is 268 g/mol. The molecule has 1 saturated heterocycles. The maximum Gasteiger partial charge on any atom is 0.303 e. The molecule has 0 spiro atoms. The molecule has 1 aliphatic rings. The van der Waals surface area contributed by atoms with Gasteiger partial charge in [-0.05, 0) is 33.2 Å². The number of carboxylic acid groups (broad SMARTS) is 1. The van der Waals surface area contributed by atoms with E-state index in [1.165, 1.54) is 5.75 Å². The normalized spacial score (nSPS) is 20.1. The Morgan fingerprint density at radius 3 is 2.69 bits per heavy atom. The first-order chi connectivity index (χ1) is 6.99. The van der Waals surface area contributed by atoms with Crippen molar-refractivity contribution in [3.8, 4) is 0 Å². The summed E-state index contributed by atoms with van der Waals surface area (Å²) in [5, 5.41) is 8.52. The highest BCUT2D eigenvalue weighted by Gasteiger charge is 2.26. The highest BCUT2D eigenvalue weighted by atomic mass is 35.5. The molecule has 0 aromatic heterocycles. The van der Waals surface area contributed by atoms with Gasteiger partial charge in [0.05, 0.1) is 0 Å². The number of aliphatic carboxylic acids is 1. The number of hydrogen-bond donors (Lipinski definition) is 1. The van der Waals surface area contributed by atoms with Crippen molar-refractivity contribution >= 4 is 30.1 Å². The monoisotopic (exact) mass is 267 g/mol. The van der Waals surface area contributed by atoms with E-state index in [4.69, 9.17) is 5.11 Å². The van der Waals surface area contributed by atoms with Gasteiger partial charge in [-0.15, -0.1) is 12.4 Å². The molecule has 0 unspecified atom stereocenters. The average Bonchev–Trinajstić information content (AvgIpc) is 2.10. The maximum atomic E-state index is 10.3. The number of hydrogen-bond acceptors (Lipinski definition) is 3. The van der Waals surface area contributed by atoms with E-state index in [2.05, 4.69) is 18.7 Å². The molecule has 1 rings (SSSR count). The number of carboxylic acids is 1. The lowest BCUT2D eigenvalue weighted by Crippen LogP contribution is -2.43. The number of rotatable bonds is 5. The standard InChI is InChI=1S/C11H21NO2S.ClH/c1-11(2)9-12(7-8-15-11)6-4-3-5-10(13)14;/h3-9H2,1-2H3,(H,13,14);1H. The lowest BCUT2D eigenvalue weighted by molar-refractivity contribution is -0.137. The van der Waals surface area contributed by atoms with E-state index in [0.29, 0.717) is 11.2 Å². The summed E-state index contributed by atoms with van der Waals surface area (Å²) in [5.74, 6) is 0.524. The molecule has 1 fully saturated rings. The van der Waals surface area contributed by atoms with Crippen LogP contribution in [0, 0.1) is 0 Å². The highest BCUT2D eigenvalue weighted by molar-refractivity contribution is 8.00. The second kappa shape index (κ2) is 7.41. The van der Waals surface area contributed by atoms with Crippen molar-refractivity contribution in [2.75, 3.05) is 25.4 Å². The molecule has 0 radical (unpaired) electrons. The summed E-state index contributed by atoms with van der Waals surface area (Å²) >= 11 is 2.03. The number of thioether (sulfide) groups is 1. The quantitative estimate of drug-likeness (QED) is 0.777. The van der Waals surface area contributed by atoms with Crippen molar-refractivity contribution in [3.05, 3.63) is 0 Å². The molecule has 0 aromatic carbocycles. The zero-order valence-corrected chi connectivity index (χ0v) is 11.7. The first kappa shape index (κ1) is 16.1. The molecule has 0 aromatic rings. The minimum Gasteiger partial charge on any atom is -0.481 e. The molecule has 0 amide bonds. The Balaban J connectivity index is 0.00000225. The van der Waals surface area contributed by atoms with Gasteiger partial charge in [-0.2, -0.15) is 11.8 Å². The molecular weight excluding hydrogens is 246 g/mol. The summed E-state index contributed by atoms with van der Waals surface area (Å²) in [6.07, 6.45) is 2.12. The highest BCUT2D eigenvalue weighted by Crippen LogP contribution is 2.29. The first-order valence-electron chi connectivity index (χ1n) is 5.58. The van der Waals surface area contributed by atoms with E-state index in [1.54, 1.807) is 0 Å². The van der Waals surface area contributed by atoms with Crippen molar-refractivity contribution < 1.29 is 9.90 Å². The fourth-order valence-electron chi connectivity index (χ4n) is 1.92. The van der Waals surface area contributed by atoms with Gasteiger partial charge in [0.1, 0.15) is 0 Å². The second-order valence-corrected chi connectivity index (χ2v) is 6.54. The molecule has 0 atom stereocenters. The molecule has 96 valence electrons. The molecule has 0 aliphatic carbocycles. The number of nitrogens with zero attached hydrogens (tertiary/aromatic N) is 1. The summed E-state index contributed by atoms with van der Waals surface area (Å²) in [7, 11) is 0. The number of halogens is 1. The van der Waals surface area contributed by atoms with Crippen LogP contribution in [0.25, 0.3) is 0 Å². The van der Waals surface area contributed by atoms with Crippen LogP contribution in [0.4, 0.5) is 0 Å². The Labute approximate surface area is 108 Å². The van der Waals surface area contributed by atoms with Gasteiger partial charge in [0.15, 0.2) is 0 Å². The van der Waals surface area contributed by atoms with Crippen molar-refractivity contribution in [1.29, 1.82) is 0 Å². The summed E-state index contributed by atoms with van der Waals surface area (Å²) in [6, 6.07) is 0. The summed E-state index contributed by atoms with van der Waals surface area (Å²) in [5.41, 5.74) is 0. The van der Waals surface area contributed by atoms with Gasteiger partial charge >= 0.3 is 5.97 Å². The summed E-state index contributed by atoms with van der Waals surface area (Å²) < 4.78 is 0.366. The molecule has 0 saturated carbocycles. The van der Waals surface area contributed by atoms with Crippen LogP contribution >= 0.6 is 24.2 Å². The number of carbonyl (C=O) groups is 1. The Kier molecular flexibility index (Phi) is 7.44. The van der Waals surface area contributed by atoms with Gasteiger partial charge < -0.3 is 10.0 Å². The minimum absolute atomic E-state index is 0. The number of unbranched alkanes of at least 4 members (excludes halogenated alkanes) is 1. The van der Waals surface area contributed by atoms with E-state index in [0.717, 1.165) is 32.5 Å². The van der Waals surface area contributed by atoms with Crippen molar-refractivity contribution in [2.24, 2.45) is 0 Å².